The van der Waals surface area contributed by atoms with E-state index in [4.69, 9.17) is 0 Å². The lowest BCUT2D eigenvalue weighted by Gasteiger charge is -2.02. The highest BCUT2D eigenvalue weighted by Crippen LogP contribution is 2.24. The van der Waals surface area contributed by atoms with Gasteiger partial charge >= 0.3 is 0 Å². The van der Waals surface area contributed by atoms with Crippen molar-refractivity contribution < 1.29 is 0 Å². The molecule has 6 nitrogen and oxygen atoms in total. The molecular weight excluding hydrogens is 252 g/mol. The van der Waals surface area contributed by atoms with E-state index in [0.717, 1.165) is 34.0 Å². The topological polar surface area (TPSA) is 61.4 Å². The summed E-state index contributed by atoms with van der Waals surface area (Å²) >= 11 is 0. The van der Waals surface area contributed by atoms with E-state index in [-0.39, 0.29) is 0 Å². The number of hydrogen-bond donors (Lipinski definition) is 0. The first-order chi connectivity index (χ1) is 9.75. The molecule has 0 saturated heterocycles. The maximum Gasteiger partial charge on any atom is 0.178 e. The first-order valence-corrected chi connectivity index (χ1v) is 6.31. The molecule has 0 aromatic carbocycles. The smallest absolute Gasteiger partial charge is 0.178 e. The van der Waals surface area contributed by atoms with Crippen LogP contribution in [0.2, 0.25) is 0 Å². The molecule has 4 rings (SSSR count). The highest BCUT2D eigenvalue weighted by Gasteiger charge is 2.17. The number of imidazole rings is 2. The Morgan fingerprint density at radius 3 is 2.40 bits per heavy atom. The number of rotatable bonds is 1. The van der Waals surface area contributed by atoms with Crippen LogP contribution in [0.25, 0.3) is 34.0 Å². The summed E-state index contributed by atoms with van der Waals surface area (Å²) in [6, 6.07) is 7.74. The van der Waals surface area contributed by atoms with Gasteiger partial charge in [0.05, 0.1) is 5.52 Å². The average Bonchev–Trinajstić information content (AvgIpc) is 2.98. The van der Waals surface area contributed by atoms with Gasteiger partial charge in [-0.25, -0.2) is 19.9 Å². The molecule has 0 N–H and O–H groups in total. The first kappa shape index (κ1) is 11.1. The minimum absolute atomic E-state index is 0.727. The van der Waals surface area contributed by atoms with Crippen molar-refractivity contribution in [1.29, 1.82) is 0 Å². The Kier molecular flexibility index (Phi) is 2.14. The third-order valence-electron chi connectivity index (χ3n) is 3.48. The van der Waals surface area contributed by atoms with E-state index in [1.807, 2.05) is 47.5 Å². The highest BCUT2D eigenvalue weighted by molar-refractivity contribution is 5.79. The van der Waals surface area contributed by atoms with Gasteiger partial charge in [0.25, 0.3) is 0 Å². The molecule has 0 saturated carbocycles. The molecule has 4 aromatic heterocycles. The molecule has 0 radical (unpaired) electrons. The van der Waals surface area contributed by atoms with Gasteiger partial charge < -0.3 is 9.13 Å². The van der Waals surface area contributed by atoms with Crippen molar-refractivity contribution in [3.05, 3.63) is 36.7 Å². The molecule has 0 aliphatic heterocycles. The van der Waals surface area contributed by atoms with Crippen molar-refractivity contribution in [2.75, 3.05) is 0 Å². The van der Waals surface area contributed by atoms with E-state index in [1.165, 1.54) is 0 Å². The predicted molar refractivity (Wildman–Crippen MR) is 76.0 cm³/mol. The van der Waals surface area contributed by atoms with Gasteiger partial charge in [0.2, 0.25) is 0 Å². The van der Waals surface area contributed by atoms with Gasteiger partial charge in [0, 0.05) is 26.5 Å². The van der Waals surface area contributed by atoms with Gasteiger partial charge in [-0.1, -0.05) is 0 Å². The molecule has 0 amide bonds. The van der Waals surface area contributed by atoms with Gasteiger partial charge in [-0.05, 0) is 24.3 Å². The Hall–Kier alpha value is -2.76. The second kappa shape index (κ2) is 3.86. The standard InChI is InChI=1S/C14H12N6/c1-19-10-6-4-7-15-11(10)18-14(19)13-17-9-5-3-8-16-12(9)20(13)2/h3-8H,1-2H3. The fourth-order valence-corrected chi connectivity index (χ4v) is 2.45. The van der Waals surface area contributed by atoms with E-state index < -0.39 is 0 Å². The van der Waals surface area contributed by atoms with E-state index in [9.17, 15) is 0 Å². The van der Waals surface area contributed by atoms with Crippen molar-refractivity contribution in [2.45, 2.75) is 0 Å². The average molecular weight is 264 g/mol. The lowest BCUT2D eigenvalue weighted by Crippen LogP contribution is -1.99. The molecule has 4 aromatic rings. The van der Waals surface area contributed by atoms with Crippen LogP contribution in [-0.4, -0.2) is 29.1 Å². The summed E-state index contributed by atoms with van der Waals surface area (Å²) in [5.41, 5.74) is 3.43. The van der Waals surface area contributed by atoms with Crippen LogP contribution in [0.1, 0.15) is 0 Å². The van der Waals surface area contributed by atoms with E-state index in [0.29, 0.717) is 0 Å². The van der Waals surface area contributed by atoms with Crippen molar-refractivity contribution in [2.24, 2.45) is 14.1 Å². The van der Waals surface area contributed by atoms with E-state index in [2.05, 4.69) is 19.9 Å². The van der Waals surface area contributed by atoms with Gasteiger partial charge in [-0.2, -0.15) is 0 Å². The summed E-state index contributed by atoms with van der Waals surface area (Å²) in [6.07, 6.45) is 3.51. The zero-order valence-electron chi connectivity index (χ0n) is 11.1. The zero-order valence-corrected chi connectivity index (χ0v) is 11.1. The van der Waals surface area contributed by atoms with Crippen molar-refractivity contribution in [3.8, 4) is 11.6 Å². The largest absolute Gasteiger partial charge is 0.323 e. The monoisotopic (exact) mass is 264 g/mol. The number of nitrogens with zero attached hydrogens (tertiary/aromatic N) is 6. The molecule has 0 atom stereocenters. The van der Waals surface area contributed by atoms with Crippen LogP contribution in [0.4, 0.5) is 0 Å². The lowest BCUT2D eigenvalue weighted by molar-refractivity contribution is 0.883. The van der Waals surface area contributed by atoms with Crippen LogP contribution in [0.15, 0.2) is 36.7 Å². The fourth-order valence-electron chi connectivity index (χ4n) is 2.45. The molecule has 0 bridgehead atoms. The number of aromatic nitrogens is 6. The van der Waals surface area contributed by atoms with Crippen molar-refractivity contribution in [3.63, 3.8) is 0 Å². The SMILES string of the molecule is Cn1c(-c2nc3cccnc3n2C)nc2ncccc21. The minimum Gasteiger partial charge on any atom is -0.323 e. The maximum atomic E-state index is 4.63. The normalized spacial score (nSPS) is 11.5. The van der Waals surface area contributed by atoms with Crippen LogP contribution in [-0.2, 0) is 14.1 Å². The Balaban J connectivity index is 2.06. The van der Waals surface area contributed by atoms with Crippen LogP contribution in [0, 0.1) is 0 Å². The highest BCUT2D eigenvalue weighted by atomic mass is 15.2. The number of pyridine rings is 2. The van der Waals surface area contributed by atoms with Crippen LogP contribution in [0.5, 0.6) is 0 Å². The third-order valence-corrected chi connectivity index (χ3v) is 3.48. The summed E-state index contributed by atoms with van der Waals surface area (Å²) in [5, 5.41) is 0. The van der Waals surface area contributed by atoms with Gasteiger partial charge in [-0.15, -0.1) is 0 Å². The summed E-state index contributed by atoms with van der Waals surface area (Å²) in [5.74, 6) is 1.58. The van der Waals surface area contributed by atoms with Crippen LogP contribution in [0.3, 0.4) is 0 Å². The molecule has 6 heteroatoms. The Morgan fingerprint density at radius 1 is 0.850 bits per heavy atom. The zero-order chi connectivity index (χ0) is 13.7. The summed E-state index contributed by atoms with van der Waals surface area (Å²) in [4.78, 5) is 17.9. The molecular formula is C14H12N6. The summed E-state index contributed by atoms with van der Waals surface area (Å²) in [7, 11) is 3.92. The number of aryl methyl sites for hydroxylation is 2. The molecule has 0 spiro atoms. The molecule has 0 unspecified atom stereocenters. The third kappa shape index (κ3) is 1.38. The second-order valence-electron chi connectivity index (χ2n) is 4.68. The Labute approximate surface area is 114 Å². The van der Waals surface area contributed by atoms with Crippen LogP contribution >= 0.6 is 0 Å². The predicted octanol–water partition coefficient (Wildman–Crippen LogP) is 1.92. The minimum atomic E-state index is 0.727. The molecule has 98 valence electrons. The van der Waals surface area contributed by atoms with E-state index >= 15 is 0 Å². The quantitative estimate of drug-likeness (QED) is 0.527. The lowest BCUT2D eigenvalue weighted by atomic mass is 10.4. The Morgan fingerprint density at radius 2 is 1.60 bits per heavy atom. The molecule has 20 heavy (non-hydrogen) atoms. The number of fused-ring (bicyclic) bond motifs is 2. The first-order valence-electron chi connectivity index (χ1n) is 6.31. The summed E-state index contributed by atoms with van der Waals surface area (Å²) in [6.45, 7) is 0. The molecule has 0 aliphatic carbocycles. The molecule has 0 fully saturated rings. The fraction of sp³-hybridized carbons (Fsp3) is 0.143. The van der Waals surface area contributed by atoms with Gasteiger partial charge in [0.1, 0.15) is 5.52 Å². The van der Waals surface area contributed by atoms with Crippen molar-refractivity contribution >= 4 is 22.3 Å². The van der Waals surface area contributed by atoms with Gasteiger partial charge in [0.15, 0.2) is 22.9 Å². The second-order valence-corrected chi connectivity index (χ2v) is 4.68. The van der Waals surface area contributed by atoms with E-state index in [1.54, 1.807) is 12.4 Å². The summed E-state index contributed by atoms with van der Waals surface area (Å²) < 4.78 is 3.96. The molecule has 4 heterocycles. The van der Waals surface area contributed by atoms with Crippen LogP contribution < -0.4 is 0 Å². The Bertz CT molecular complexity index is 855. The van der Waals surface area contributed by atoms with Crippen molar-refractivity contribution in [1.82, 2.24) is 29.1 Å². The van der Waals surface area contributed by atoms with Gasteiger partial charge in [-0.3, -0.25) is 0 Å². The molecule has 0 aliphatic rings. The maximum absolute atomic E-state index is 4.63. The number of hydrogen-bond acceptors (Lipinski definition) is 4.